The lowest BCUT2D eigenvalue weighted by Crippen LogP contribution is -2.23. The zero-order valence-corrected chi connectivity index (χ0v) is 21.1. The molecule has 0 saturated heterocycles. The zero-order chi connectivity index (χ0) is 24.0. The lowest BCUT2D eigenvalue weighted by atomic mass is 9.90. The monoisotopic (exact) mass is 446 g/mol. The Morgan fingerprint density at radius 2 is 1.00 bits per heavy atom. The third-order valence-corrected chi connectivity index (χ3v) is 9.41. The van der Waals surface area contributed by atoms with E-state index in [1.54, 1.807) is 30.3 Å². The van der Waals surface area contributed by atoms with Crippen LogP contribution in [0.2, 0.25) is 0 Å². The molecule has 0 spiro atoms. The van der Waals surface area contributed by atoms with Gasteiger partial charge in [0.25, 0.3) is 0 Å². The first kappa shape index (κ1) is 23.9. The van der Waals surface area contributed by atoms with Gasteiger partial charge in [-0.25, -0.2) is 0 Å². The largest absolute Gasteiger partial charge is 0.302 e. The van der Waals surface area contributed by atoms with Crippen molar-refractivity contribution in [2.75, 3.05) is 0 Å². The Balaban J connectivity index is 2.37. The van der Waals surface area contributed by atoms with Crippen LogP contribution in [0.15, 0.2) is 42.5 Å². The molecule has 0 aromatic heterocycles. The van der Waals surface area contributed by atoms with Crippen molar-refractivity contribution < 1.29 is 14.2 Å². The normalized spacial score (nSPS) is 13.0. The molecule has 0 saturated carbocycles. The van der Waals surface area contributed by atoms with E-state index < -0.39 is 18.2 Å². The van der Waals surface area contributed by atoms with E-state index in [2.05, 4.69) is 0 Å². The smallest absolute Gasteiger partial charge is 0.248 e. The maximum atomic E-state index is 14.7. The summed E-state index contributed by atoms with van der Waals surface area (Å²) in [5, 5.41) is 0.282. The number of carbonyl (C=O) groups excluding carboxylic acids is 2. The van der Waals surface area contributed by atoms with Crippen molar-refractivity contribution in [2.45, 2.75) is 55.4 Å². The molecule has 3 nitrogen and oxygen atoms in total. The summed E-state index contributed by atoms with van der Waals surface area (Å²) >= 11 is 0. The molecule has 0 bridgehead atoms. The van der Waals surface area contributed by atoms with Crippen molar-refractivity contribution in [1.82, 2.24) is 0 Å². The molecule has 0 amide bonds. The van der Waals surface area contributed by atoms with Gasteiger partial charge in [-0.05, 0) is 94.3 Å². The molecule has 0 aliphatic rings. The maximum absolute atomic E-state index is 14.7. The van der Waals surface area contributed by atoms with E-state index in [0.29, 0.717) is 11.1 Å². The fraction of sp³-hybridized carbons (Fsp3) is 0.286. The second kappa shape index (κ2) is 8.64. The highest BCUT2D eigenvalue weighted by Crippen LogP contribution is 2.53. The first-order chi connectivity index (χ1) is 14.9. The highest BCUT2D eigenvalue weighted by atomic mass is 31.2. The average molecular weight is 447 g/mol. The highest BCUT2D eigenvalue weighted by Gasteiger charge is 2.45. The lowest BCUT2D eigenvalue weighted by Gasteiger charge is -2.23. The number of aryl methyl sites for hydroxylation is 3. The van der Waals surface area contributed by atoms with Crippen molar-refractivity contribution in [3.8, 4) is 0 Å². The topological polar surface area (TPSA) is 51.2 Å². The number of hydrogen-bond donors (Lipinski definition) is 0. The zero-order valence-electron chi connectivity index (χ0n) is 20.2. The van der Waals surface area contributed by atoms with Crippen LogP contribution in [-0.2, 0) is 4.57 Å². The molecular formula is C28H31O3P. The first-order valence-corrected chi connectivity index (χ1v) is 12.5. The van der Waals surface area contributed by atoms with E-state index in [1.165, 1.54) is 0 Å². The summed E-state index contributed by atoms with van der Waals surface area (Å²) in [5.74, 6) is 0. The van der Waals surface area contributed by atoms with E-state index in [1.807, 2.05) is 67.5 Å². The van der Waals surface area contributed by atoms with Crippen molar-refractivity contribution in [1.29, 1.82) is 0 Å². The van der Waals surface area contributed by atoms with Crippen LogP contribution in [-0.4, -0.2) is 11.0 Å². The fourth-order valence-electron chi connectivity index (χ4n) is 4.62. The third-order valence-electron chi connectivity index (χ3n) is 6.80. The van der Waals surface area contributed by atoms with E-state index in [0.717, 1.165) is 44.5 Å². The molecule has 0 aliphatic heterocycles. The second-order valence-corrected chi connectivity index (χ2v) is 11.4. The van der Waals surface area contributed by atoms with Crippen molar-refractivity contribution in [2.24, 2.45) is 0 Å². The summed E-state index contributed by atoms with van der Waals surface area (Å²) in [6.07, 6.45) is 0. The van der Waals surface area contributed by atoms with Crippen LogP contribution in [0.1, 0.15) is 65.2 Å². The van der Waals surface area contributed by atoms with Crippen LogP contribution >= 0.6 is 7.14 Å². The summed E-state index contributed by atoms with van der Waals surface area (Å²) in [6.45, 7) is 15.4. The predicted octanol–water partition coefficient (Wildman–Crippen LogP) is 6.82. The molecule has 32 heavy (non-hydrogen) atoms. The molecule has 0 heterocycles. The second-order valence-electron chi connectivity index (χ2n) is 8.83. The SMILES string of the molecule is Cc1cc(C)c(C(=O)P(=O)(C(=O)c2c(C)c(C)c(C)c(C)c2C)c2ccccc2)c(C)c1. The quantitative estimate of drug-likeness (QED) is 0.404. The van der Waals surface area contributed by atoms with Gasteiger partial charge in [0.2, 0.25) is 18.2 Å². The van der Waals surface area contributed by atoms with E-state index >= 15 is 0 Å². The van der Waals surface area contributed by atoms with E-state index in [4.69, 9.17) is 0 Å². The van der Waals surface area contributed by atoms with Gasteiger partial charge in [0.1, 0.15) is 0 Å². The highest BCUT2D eigenvalue weighted by molar-refractivity contribution is 8.01. The van der Waals surface area contributed by atoms with Gasteiger partial charge >= 0.3 is 0 Å². The Kier molecular flexibility index (Phi) is 6.45. The Bertz CT molecular complexity index is 1250. The van der Waals surface area contributed by atoms with Crippen LogP contribution < -0.4 is 5.30 Å². The van der Waals surface area contributed by atoms with Gasteiger partial charge in [0.05, 0.1) is 0 Å². The minimum atomic E-state index is -4.15. The van der Waals surface area contributed by atoms with Gasteiger partial charge in [0, 0.05) is 16.4 Å². The van der Waals surface area contributed by atoms with Gasteiger partial charge in [0.15, 0.2) is 0 Å². The van der Waals surface area contributed by atoms with Crippen molar-refractivity contribution in [3.05, 3.63) is 98.1 Å². The van der Waals surface area contributed by atoms with Gasteiger partial charge in [-0.2, -0.15) is 0 Å². The molecular weight excluding hydrogens is 415 g/mol. The standard InChI is InChI=1S/C28H31O3P/c1-16-14-17(2)25(18(3)15-16)27(29)32(31,24-12-10-9-11-13-24)28(30)26-22(7)20(5)19(4)21(6)23(26)8/h9-15H,1-8H3. The Morgan fingerprint density at radius 1 is 0.594 bits per heavy atom. The summed E-state index contributed by atoms with van der Waals surface area (Å²) in [6, 6.07) is 12.3. The van der Waals surface area contributed by atoms with Crippen LogP contribution in [0, 0.1) is 55.4 Å². The summed E-state index contributed by atoms with van der Waals surface area (Å²) in [7, 11) is -4.15. The van der Waals surface area contributed by atoms with Crippen LogP contribution in [0.3, 0.4) is 0 Å². The fourth-order valence-corrected chi connectivity index (χ4v) is 7.18. The summed E-state index contributed by atoms with van der Waals surface area (Å²) in [5.41, 5.74) is 6.80. The molecule has 0 radical (unpaired) electrons. The third kappa shape index (κ3) is 3.69. The Morgan fingerprint density at radius 3 is 1.47 bits per heavy atom. The average Bonchev–Trinajstić information content (AvgIpc) is 2.75. The van der Waals surface area contributed by atoms with Crippen molar-refractivity contribution in [3.63, 3.8) is 0 Å². The predicted molar refractivity (Wildman–Crippen MR) is 133 cm³/mol. The van der Waals surface area contributed by atoms with Crippen LogP contribution in [0.25, 0.3) is 0 Å². The first-order valence-electron chi connectivity index (χ1n) is 10.8. The molecule has 1 unspecified atom stereocenters. The van der Waals surface area contributed by atoms with E-state index in [-0.39, 0.29) is 5.30 Å². The number of hydrogen-bond acceptors (Lipinski definition) is 3. The minimum Gasteiger partial charge on any atom is -0.302 e. The molecule has 3 rings (SSSR count). The number of benzene rings is 3. The van der Waals surface area contributed by atoms with Gasteiger partial charge in [-0.15, -0.1) is 0 Å². The molecule has 0 aliphatic carbocycles. The summed E-state index contributed by atoms with van der Waals surface area (Å²) in [4.78, 5) is 28.2. The lowest BCUT2D eigenvalue weighted by molar-refractivity contribution is 0.104. The molecule has 3 aromatic carbocycles. The minimum absolute atomic E-state index is 0.282. The van der Waals surface area contributed by atoms with Gasteiger partial charge in [-0.3, -0.25) is 9.59 Å². The maximum Gasteiger partial charge on any atom is 0.248 e. The van der Waals surface area contributed by atoms with E-state index in [9.17, 15) is 14.2 Å². The molecule has 0 N–H and O–H groups in total. The van der Waals surface area contributed by atoms with Gasteiger partial charge in [-0.1, -0.05) is 48.0 Å². The molecule has 3 aromatic rings. The molecule has 4 heteroatoms. The number of rotatable bonds is 5. The molecule has 0 fully saturated rings. The van der Waals surface area contributed by atoms with Crippen LogP contribution in [0.4, 0.5) is 0 Å². The number of carbonyl (C=O) groups is 2. The van der Waals surface area contributed by atoms with Gasteiger partial charge < -0.3 is 4.57 Å². The summed E-state index contributed by atoms with van der Waals surface area (Å²) < 4.78 is 14.7. The van der Waals surface area contributed by atoms with Crippen LogP contribution in [0.5, 0.6) is 0 Å². The molecule has 166 valence electrons. The van der Waals surface area contributed by atoms with Crippen molar-refractivity contribution >= 4 is 23.5 Å². The Hall–Kier alpha value is -2.77. The Labute approximate surface area is 191 Å². The molecule has 1 atom stereocenters.